The van der Waals surface area contributed by atoms with E-state index >= 15 is 0 Å². The van der Waals surface area contributed by atoms with Gasteiger partial charge in [0.15, 0.2) is 0 Å². The minimum atomic E-state index is -0.200. The number of benzene rings is 1. The second-order valence-corrected chi connectivity index (χ2v) is 9.68. The number of amides is 1. The number of halogens is 1. The highest BCUT2D eigenvalue weighted by molar-refractivity contribution is 6.28. The maximum absolute atomic E-state index is 13.2. The van der Waals surface area contributed by atoms with Gasteiger partial charge in [-0.3, -0.25) is 4.79 Å². The van der Waals surface area contributed by atoms with Gasteiger partial charge in [-0.2, -0.15) is 0 Å². The highest BCUT2D eigenvalue weighted by Gasteiger charge is 2.28. The molecule has 2 heterocycles. The van der Waals surface area contributed by atoms with E-state index in [0.717, 1.165) is 24.9 Å². The molecule has 0 bridgehead atoms. The van der Waals surface area contributed by atoms with Gasteiger partial charge >= 0.3 is 0 Å². The van der Waals surface area contributed by atoms with Crippen LogP contribution in [0.4, 0.5) is 11.5 Å². The Morgan fingerprint density at radius 1 is 1.18 bits per heavy atom. The highest BCUT2D eigenvalue weighted by atomic mass is 35.5. The number of hydrogen-bond acceptors (Lipinski definition) is 4. The van der Waals surface area contributed by atoms with E-state index in [9.17, 15) is 4.79 Å². The fourth-order valence-electron chi connectivity index (χ4n) is 4.19. The number of fused-ring (bicyclic) bond motifs is 1. The van der Waals surface area contributed by atoms with Crippen LogP contribution in [0.2, 0.25) is 5.28 Å². The molecule has 1 aromatic carbocycles. The number of para-hydroxylation sites is 1. The van der Waals surface area contributed by atoms with Crippen molar-refractivity contribution in [1.82, 2.24) is 9.97 Å². The third-order valence-corrected chi connectivity index (χ3v) is 4.88. The molecule has 0 unspecified atom stereocenters. The molecule has 1 aliphatic rings. The number of carbonyl (C=O) groups is 1. The summed E-state index contributed by atoms with van der Waals surface area (Å²) >= 11 is 6.16. The van der Waals surface area contributed by atoms with Crippen molar-refractivity contribution in [3.8, 4) is 0 Å². The first-order chi connectivity index (χ1) is 13.0. The Labute approximate surface area is 172 Å². The van der Waals surface area contributed by atoms with Crippen LogP contribution in [0.25, 0.3) is 0 Å². The summed E-state index contributed by atoms with van der Waals surface area (Å²) in [5, 5.41) is 3.50. The fourth-order valence-corrected chi connectivity index (χ4v) is 4.37. The zero-order valence-electron chi connectivity index (χ0n) is 17.3. The number of anilines is 2. The second kappa shape index (κ2) is 7.70. The molecule has 1 amide bonds. The number of nitrogens with zero attached hydrogens (tertiary/aromatic N) is 3. The van der Waals surface area contributed by atoms with E-state index in [2.05, 4.69) is 56.0 Å². The summed E-state index contributed by atoms with van der Waals surface area (Å²) < 4.78 is 0. The zero-order valence-corrected chi connectivity index (χ0v) is 18.1. The Morgan fingerprint density at radius 2 is 1.89 bits per heavy atom. The van der Waals surface area contributed by atoms with Gasteiger partial charge in [0, 0.05) is 23.8 Å². The summed E-state index contributed by atoms with van der Waals surface area (Å²) in [5.41, 5.74) is 2.41. The van der Waals surface area contributed by atoms with Crippen LogP contribution < -0.4 is 10.2 Å². The summed E-state index contributed by atoms with van der Waals surface area (Å²) in [7, 11) is 0. The maximum atomic E-state index is 13.2. The predicted molar refractivity (Wildman–Crippen MR) is 115 cm³/mol. The Balaban J connectivity index is 1.87. The van der Waals surface area contributed by atoms with Crippen molar-refractivity contribution < 1.29 is 4.79 Å². The van der Waals surface area contributed by atoms with Gasteiger partial charge in [-0.1, -0.05) is 39.0 Å². The number of rotatable bonds is 4. The van der Waals surface area contributed by atoms with E-state index in [0.29, 0.717) is 18.1 Å². The van der Waals surface area contributed by atoms with Crippen molar-refractivity contribution in [1.29, 1.82) is 0 Å². The van der Waals surface area contributed by atoms with Crippen molar-refractivity contribution in [2.45, 2.75) is 59.4 Å². The number of nitrogens with one attached hydrogen (secondary N) is 1. The molecule has 1 aliphatic heterocycles. The van der Waals surface area contributed by atoms with Gasteiger partial charge in [-0.15, -0.1) is 0 Å². The Morgan fingerprint density at radius 3 is 2.61 bits per heavy atom. The lowest BCUT2D eigenvalue weighted by Crippen LogP contribution is -2.37. The molecule has 28 heavy (non-hydrogen) atoms. The van der Waals surface area contributed by atoms with Crippen molar-refractivity contribution in [2.24, 2.45) is 5.41 Å². The molecule has 0 aliphatic carbocycles. The van der Waals surface area contributed by atoms with Gasteiger partial charge in [-0.25, -0.2) is 9.97 Å². The molecule has 1 aromatic heterocycles. The zero-order chi connectivity index (χ0) is 20.5. The number of hydrogen-bond donors (Lipinski definition) is 1. The molecule has 0 saturated heterocycles. The molecular weight excluding hydrogens is 372 g/mol. The minimum Gasteiger partial charge on any atom is -0.365 e. The third kappa shape index (κ3) is 5.02. The fraction of sp³-hybridized carbons (Fsp3) is 0.500. The van der Waals surface area contributed by atoms with Gasteiger partial charge < -0.3 is 10.2 Å². The molecule has 3 rings (SSSR count). The summed E-state index contributed by atoms with van der Waals surface area (Å²) in [6.45, 7) is 11.5. The first kappa shape index (κ1) is 20.6. The largest absolute Gasteiger partial charge is 0.365 e. The summed E-state index contributed by atoms with van der Waals surface area (Å²) in [6, 6.07) is 9.73. The van der Waals surface area contributed by atoms with E-state index in [1.54, 1.807) is 11.0 Å². The van der Waals surface area contributed by atoms with Crippen molar-refractivity contribution in [2.75, 3.05) is 16.8 Å². The molecule has 5 nitrogen and oxygen atoms in total. The molecule has 6 heteroatoms. The van der Waals surface area contributed by atoms with Crippen LogP contribution in [0.5, 0.6) is 0 Å². The van der Waals surface area contributed by atoms with E-state index in [1.165, 1.54) is 5.56 Å². The van der Waals surface area contributed by atoms with E-state index in [1.807, 2.05) is 18.2 Å². The number of aryl methyl sites for hydroxylation is 1. The Bertz CT molecular complexity index is 873. The average Bonchev–Trinajstić information content (AvgIpc) is 2.57. The first-order valence-corrected chi connectivity index (χ1v) is 10.1. The number of carbonyl (C=O) groups excluding carboxylic acids is 1. The normalized spacial score (nSPS) is 14.6. The Hall–Kier alpha value is -2.14. The van der Waals surface area contributed by atoms with Gasteiger partial charge in [0.1, 0.15) is 11.5 Å². The lowest BCUT2D eigenvalue weighted by molar-refractivity contribution is 0.0980. The lowest BCUT2D eigenvalue weighted by atomic mass is 9.82. The maximum Gasteiger partial charge on any atom is 0.277 e. The van der Waals surface area contributed by atoms with Crippen LogP contribution in [-0.2, 0) is 6.42 Å². The topological polar surface area (TPSA) is 58.1 Å². The molecule has 0 radical (unpaired) electrons. The monoisotopic (exact) mass is 400 g/mol. The average molecular weight is 401 g/mol. The van der Waals surface area contributed by atoms with Crippen LogP contribution in [0.3, 0.4) is 0 Å². The van der Waals surface area contributed by atoms with Crippen molar-refractivity contribution in [3.63, 3.8) is 0 Å². The van der Waals surface area contributed by atoms with Gasteiger partial charge in [0.25, 0.3) is 5.91 Å². The number of aromatic nitrogens is 2. The lowest BCUT2D eigenvalue weighted by Gasteiger charge is -2.34. The van der Waals surface area contributed by atoms with Crippen LogP contribution in [-0.4, -0.2) is 28.0 Å². The van der Waals surface area contributed by atoms with E-state index < -0.39 is 0 Å². The third-order valence-electron chi connectivity index (χ3n) is 4.71. The summed E-state index contributed by atoms with van der Waals surface area (Å²) in [5.74, 6) is 0.427. The molecule has 0 saturated carbocycles. The highest BCUT2D eigenvalue weighted by Crippen LogP contribution is 2.31. The standard InChI is InChI=1S/C22H29ClN4O/c1-21(2,3)14-22(4,5)26-18-13-16(24-20(23)25-18)19(28)27-12-8-10-15-9-6-7-11-17(15)27/h6-7,9,11,13H,8,10,12,14H2,1-5H3,(H,24,25,26). The minimum absolute atomic E-state index is 0.0743. The molecule has 0 fully saturated rings. The van der Waals surface area contributed by atoms with Crippen molar-refractivity contribution >= 4 is 29.0 Å². The van der Waals surface area contributed by atoms with Crippen molar-refractivity contribution in [3.05, 3.63) is 46.9 Å². The van der Waals surface area contributed by atoms with Gasteiger partial charge in [0.2, 0.25) is 5.28 Å². The van der Waals surface area contributed by atoms with Crippen LogP contribution in [0.1, 0.15) is 63.5 Å². The van der Waals surface area contributed by atoms with E-state index in [-0.39, 0.29) is 22.1 Å². The predicted octanol–water partition coefficient (Wildman–Crippen LogP) is 5.35. The van der Waals surface area contributed by atoms with Crippen LogP contribution >= 0.6 is 11.6 Å². The molecule has 2 aromatic rings. The smallest absolute Gasteiger partial charge is 0.277 e. The first-order valence-electron chi connectivity index (χ1n) is 9.77. The summed E-state index contributed by atoms with van der Waals surface area (Å²) in [4.78, 5) is 23.5. The van der Waals surface area contributed by atoms with Crippen LogP contribution in [0.15, 0.2) is 30.3 Å². The molecule has 0 atom stereocenters. The van der Waals surface area contributed by atoms with Gasteiger partial charge in [0.05, 0.1) is 0 Å². The quantitative estimate of drug-likeness (QED) is 0.703. The second-order valence-electron chi connectivity index (χ2n) is 9.34. The molecular formula is C22H29ClN4O. The SMILES string of the molecule is CC(C)(C)CC(C)(C)Nc1cc(C(=O)N2CCCc3ccccc32)nc(Cl)n1. The van der Waals surface area contributed by atoms with Crippen LogP contribution in [0, 0.1) is 5.41 Å². The van der Waals surface area contributed by atoms with Gasteiger partial charge in [-0.05, 0) is 61.8 Å². The Kier molecular flexibility index (Phi) is 5.67. The summed E-state index contributed by atoms with van der Waals surface area (Å²) in [6.07, 6.45) is 2.86. The molecule has 0 spiro atoms. The molecule has 150 valence electrons. The van der Waals surface area contributed by atoms with E-state index in [4.69, 9.17) is 11.6 Å². The molecule has 1 N–H and O–H groups in total.